The Morgan fingerprint density at radius 1 is 1.00 bits per heavy atom. The fourth-order valence-electron chi connectivity index (χ4n) is 1.55. The molecule has 3 aromatic heterocycles. The first-order valence-electron chi connectivity index (χ1n) is 4.34. The lowest BCUT2D eigenvalue weighted by atomic mass is 10.4. The highest BCUT2D eigenvalue weighted by molar-refractivity contribution is 5.85. The van der Waals surface area contributed by atoms with Crippen molar-refractivity contribution in [2.75, 3.05) is 5.73 Å². The molecule has 0 amide bonds. The van der Waals surface area contributed by atoms with Crippen molar-refractivity contribution in [3.63, 3.8) is 0 Å². The molecule has 0 atom stereocenters. The van der Waals surface area contributed by atoms with E-state index in [1.165, 1.54) is 0 Å². The number of anilines is 1. The Labute approximate surface area is 104 Å². The average Bonchev–Trinajstić information content (AvgIpc) is 2.56. The fourth-order valence-corrected chi connectivity index (χ4v) is 1.55. The molecule has 2 N–H and O–H groups in total. The summed E-state index contributed by atoms with van der Waals surface area (Å²) in [7, 11) is 0. The van der Waals surface area contributed by atoms with Crippen LogP contribution in [0.25, 0.3) is 16.8 Å². The molecule has 3 aromatic rings. The quantitative estimate of drug-likeness (QED) is 0.672. The molecule has 84 valence electrons. The van der Waals surface area contributed by atoms with Crippen molar-refractivity contribution in [2.45, 2.75) is 0 Å². The summed E-state index contributed by atoms with van der Waals surface area (Å²) in [4.78, 5) is 8.64. The lowest BCUT2D eigenvalue weighted by molar-refractivity contribution is 1.19. The van der Waals surface area contributed by atoms with Crippen LogP contribution in [0.4, 0.5) is 5.82 Å². The number of hydrogen-bond donors (Lipinski definition) is 1. The summed E-state index contributed by atoms with van der Waals surface area (Å²) in [5, 5.41) is 0. The molecule has 6 heteroatoms. The van der Waals surface area contributed by atoms with Gasteiger partial charge in [-0.3, -0.25) is 4.40 Å². The van der Waals surface area contributed by atoms with Gasteiger partial charge in [-0.25, -0.2) is 9.97 Å². The monoisotopic (exact) mass is 256 g/mol. The molecule has 0 spiro atoms. The first kappa shape index (κ1) is 12.5. The third kappa shape index (κ3) is 1.77. The number of fused-ring (bicyclic) bond motifs is 3. The Hall–Kier alpha value is -1.52. The molecule has 0 aliphatic carbocycles. The van der Waals surface area contributed by atoms with Crippen molar-refractivity contribution >= 4 is 47.4 Å². The molecule has 0 aliphatic rings. The van der Waals surface area contributed by atoms with Gasteiger partial charge in [-0.15, -0.1) is 24.8 Å². The maximum absolute atomic E-state index is 5.62. The SMILES string of the molecule is Cl.Cl.Nc1ccc2nc3ccccn3c2n1. The minimum atomic E-state index is 0. The molecule has 0 saturated heterocycles. The van der Waals surface area contributed by atoms with Gasteiger partial charge in [-0.05, 0) is 24.3 Å². The van der Waals surface area contributed by atoms with Gasteiger partial charge in [-0.2, -0.15) is 0 Å². The van der Waals surface area contributed by atoms with Gasteiger partial charge in [0.1, 0.15) is 17.0 Å². The zero-order valence-corrected chi connectivity index (χ0v) is 9.83. The first-order valence-corrected chi connectivity index (χ1v) is 4.34. The maximum atomic E-state index is 5.62. The Morgan fingerprint density at radius 2 is 1.81 bits per heavy atom. The largest absolute Gasteiger partial charge is 0.384 e. The van der Waals surface area contributed by atoms with E-state index in [9.17, 15) is 0 Å². The standard InChI is InChI=1S/C10H8N4.2ClH/c11-8-5-4-7-10(13-8)14-6-2-1-3-9(14)12-7;;/h1-6H,(H2,11,13);2*1H. The number of rotatable bonds is 0. The van der Waals surface area contributed by atoms with Crippen LogP contribution in [0.1, 0.15) is 0 Å². The minimum absolute atomic E-state index is 0. The normalized spacial score (nSPS) is 9.75. The summed E-state index contributed by atoms with van der Waals surface area (Å²) in [6.45, 7) is 0. The molecule has 0 unspecified atom stereocenters. The van der Waals surface area contributed by atoms with Crippen molar-refractivity contribution < 1.29 is 0 Å². The summed E-state index contributed by atoms with van der Waals surface area (Å²) in [6.07, 6.45) is 1.93. The van der Waals surface area contributed by atoms with Crippen LogP contribution in [0, 0.1) is 0 Å². The molecule has 3 heterocycles. The van der Waals surface area contributed by atoms with Crippen LogP contribution in [-0.4, -0.2) is 14.4 Å². The van der Waals surface area contributed by atoms with E-state index in [4.69, 9.17) is 5.73 Å². The zero-order valence-electron chi connectivity index (χ0n) is 8.20. The molecule has 16 heavy (non-hydrogen) atoms. The second kappa shape index (κ2) is 4.55. The van der Waals surface area contributed by atoms with Crippen molar-refractivity contribution in [1.82, 2.24) is 14.4 Å². The predicted molar refractivity (Wildman–Crippen MR) is 69.4 cm³/mol. The summed E-state index contributed by atoms with van der Waals surface area (Å²) < 4.78 is 1.92. The number of halogens is 2. The van der Waals surface area contributed by atoms with E-state index in [0.717, 1.165) is 16.8 Å². The van der Waals surface area contributed by atoms with Gasteiger partial charge in [-0.1, -0.05) is 6.07 Å². The molecule has 3 rings (SSSR count). The molecular weight excluding hydrogens is 247 g/mol. The Bertz CT molecular complexity index is 620. The summed E-state index contributed by atoms with van der Waals surface area (Å²) in [5.41, 5.74) is 8.18. The topological polar surface area (TPSA) is 56.2 Å². The van der Waals surface area contributed by atoms with Crippen LogP contribution in [0.15, 0.2) is 36.5 Å². The van der Waals surface area contributed by atoms with Crippen molar-refractivity contribution in [1.29, 1.82) is 0 Å². The lowest BCUT2D eigenvalue weighted by Gasteiger charge is -1.93. The van der Waals surface area contributed by atoms with Crippen LogP contribution >= 0.6 is 24.8 Å². The van der Waals surface area contributed by atoms with E-state index in [2.05, 4.69) is 9.97 Å². The second-order valence-corrected chi connectivity index (χ2v) is 3.12. The summed E-state index contributed by atoms with van der Waals surface area (Å²) in [5.74, 6) is 0.517. The molecule has 0 bridgehead atoms. The van der Waals surface area contributed by atoms with Crippen LogP contribution in [0.2, 0.25) is 0 Å². The summed E-state index contributed by atoms with van der Waals surface area (Å²) >= 11 is 0. The van der Waals surface area contributed by atoms with Gasteiger partial charge in [0.15, 0.2) is 5.65 Å². The zero-order chi connectivity index (χ0) is 9.54. The smallest absolute Gasteiger partial charge is 0.166 e. The minimum Gasteiger partial charge on any atom is -0.384 e. The number of aromatic nitrogens is 3. The first-order chi connectivity index (χ1) is 6.84. The molecule has 0 radical (unpaired) electrons. The van der Waals surface area contributed by atoms with Crippen LogP contribution in [-0.2, 0) is 0 Å². The van der Waals surface area contributed by atoms with Gasteiger partial charge in [0, 0.05) is 6.20 Å². The number of nitrogens with two attached hydrogens (primary N) is 1. The van der Waals surface area contributed by atoms with E-state index >= 15 is 0 Å². The molecule has 0 fully saturated rings. The molecule has 4 nitrogen and oxygen atoms in total. The molecular formula is C10H10Cl2N4. The number of hydrogen-bond acceptors (Lipinski definition) is 3. The van der Waals surface area contributed by atoms with Gasteiger partial charge in [0.25, 0.3) is 0 Å². The Morgan fingerprint density at radius 3 is 2.62 bits per heavy atom. The van der Waals surface area contributed by atoms with Crippen LogP contribution in [0.5, 0.6) is 0 Å². The van der Waals surface area contributed by atoms with E-state index < -0.39 is 0 Å². The number of nitrogens with zero attached hydrogens (tertiary/aromatic N) is 3. The third-order valence-electron chi connectivity index (χ3n) is 2.18. The fraction of sp³-hybridized carbons (Fsp3) is 0. The van der Waals surface area contributed by atoms with E-state index in [1.54, 1.807) is 6.07 Å². The highest BCUT2D eigenvalue weighted by Crippen LogP contribution is 2.15. The highest BCUT2D eigenvalue weighted by atomic mass is 35.5. The Kier molecular flexibility index (Phi) is 3.57. The number of nitrogen functional groups attached to an aromatic ring is 1. The number of imidazole rings is 1. The van der Waals surface area contributed by atoms with E-state index in [0.29, 0.717) is 5.82 Å². The maximum Gasteiger partial charge on any atom is 0.166 e. The molecule has 0 saturated carbocycles. The number of pyridine rings is 2. The Balaban J connectivity index is 0.000000640. The predicted octanol–water partition coefficient (Wildman–Crippen LogP) is 2.31. The van der Waals surface area contributed by atoms with Crippen molar-refractivity contribution in [3.8, 4) is 0 Å². The van der Waals surface area contributed by atoms with Gasteiger partial charge < -0.3 is 5.73 Å². The van der Waals surface area contributed by atoms with Crippen LogP contribution in [0.3, 0.4) is 0 Å². The van der Waals surface area contributed by atoms with E-state index in [1.807, 2.05) is 34.9 Å². The second-order valence-electron chi connectivity index (χ2n) is 3.12. The third-order valence-corrected chi connectivity index (χ3v) is 2.18. The van der Waals surface area contributed by atoms with Gasteiger partial charge in [0.05, 0.1) is 0 Å². The molecule has 0 aromatic carbocycles. The van der Waals surface area contributed by atoms with Crippen molar-refractivity contribution in [2.24, 2.45) is 0 Å². The van der Waals surface area contributed by atoms with Crippen LogP contribution < -0.4 is 5.73 Å². The summed E-state index contributed by atoms with van der Waals surface area (Å²) in [6, 6.07) is 9.47. The average molecular weight is 257 g/mol. The molecule has 0 aliphatic heterocycles. The van der Waals surface area contributed by atoms with E-state index in [-0.39, 0.29) is 24.8 Å². The van der Waals surface area contributed by atoms with Gasteiger partial charge >= 0.3 is 0 Å². The lowest BCUT2D eigenvalue weighted by Crippen LogP contribution is -1.91. The van der Waals surface area contributed by atoms with Crippen molar-refractivity contribution in [3.05, 3.63) is 36.5 Å². The highest BCUT2D eigenvalue weighted by Gasteiger charge is 2.03. The van der Waals surface area contributed by atoms with Gasteiger partial charge in [0.2, 0.25) is 0 Å².